The van der Waals surface area contributed by atoms with E-state index in [1.165, 1.54) is 7.11 Å². The van der Waals surface area contributed by atoms with Gasteiger partial charge in [0.15, 0.2) is 0 Å². The van der Waals surface area contributed by atoms with E-state index in [-0.39, 0.29) is 18.6 Å². The Morgan fingerprint density at radius 2 is 2.44 bits per heavy atom. The SMILES string of the molecule is COCC(O)CCNC(=O)C1CC(O)CN1. The highest BCUT2D eigenvalue weighted by Crippen LogP contribution is 2.05. The smallest absolute Gasteiger partial charge is 0.237 e. The maximum Gasteiger partial charge on any atom is 0.237 e. The van der Waals surface area contributed by atoms with Gasteiger partial charge in [0.05, 0.1) is 24.9 Å². The minimum Gasteiger partial charge on any atom is -0.392 e. The van der Waals surface area contributed by atoms with Gasteiger partial charge in [0.1, 0.15) is 0 Å². The molecule has 0 spiro atoms. The van der Waals surface area contributed by atoms with Gasteiger partial charge >= 0.3 is 0 Å². The summed E-state index contributed by atoms with van der Waals surface area (Å²) in [5, 5.41) is 24.2. The lowest BCUT2D eigenvalue weighted by molar-refractivity contribution is -0.123. The fourth-order valence-corrected chi connectivity index (χ4v) is 1.68. The Hall–Kier alpha value is -0.690. The van der Waals surface area contributed by atoms with Gasteiger partial charge in [-0.25, -0.2) is 0 Å². The monoisotopic (exact) mass is 232 g/mol. The summed E-state index contributed by atoms with van der Waals surface area (Å²) in [6.45, 7) is 1.15. The molecule has 94 valence electrons. The van der Waals surface area contributed by atoms with Gasteiger partial charge in [-0.05, 0) is 12.8 Å². The number of nitrogens with one attached hydrogen (secondary N) is 2. The maximum atomic E-state index is 11.5. The minimum absolute atomic E-state index is 0.124. The lowest BCUT2D eigenvalue weighted by Crippen LogP contribution is -2.41. The van der Waals surface area contributed by atoms with Crippen LogP contribution in [0, 0.1) is 0 Å². The van der Waals surface area contributed by atoms with E-state index < -0.39 is 12.2 Å². The van der Waals surface area contributed by atoms with E-state index in [9.17, 15) is 15.0 Å². The summed E-state index contributed by atoms with van der Waals surface area (Å²) in [4.78, 5) is 11.5. The average Bonchev–Trinajstić information content (AvgIpc) is 2.65. The Morgan fingerprint density at radius 3 is 3.00 bits per heavy atom. The highest BCUT2D eigenvalue weighted by molar-refractivity contribution is 5.82. The van der Waals surface area contributed by atoms with E-state index in [2.05, 4.69) is 10.6 Å². The molecule has 0 aliphatic carbocycles. The van der Waals surface area contributed by atoms with Crippen LogP contribution in [0.25, 0.3) is 0 Å². The molecule has 16 heavy (non-hydrogen) atoms. The third-order valence-electron chi connectivity index (χ3n) is 2.56. The van der Waals surface area contributed by atoms with Gasteiger partial charge in [-0.2, -0.15) is 0 Å². The Labute approximate surface area is 95.0 Å². The molecule has 0 aromatic heterocycles. The van der Waals surface area contributed by atoms with Gasteiger partial charge < -0.3 is 25.6 Å². The summed E-state index contributed by atoms with van der Waals surface area (Å²) >= 11 is 0. The zero-order valence-corrected chi connectivity index (χ0v) is 9.48. The van der Waals surface area contributed by atoms with Gasteiger partial charge in [0, 0.05) is 20.2 Å². The van der Waals surface area contributed by atoms with Crippen LogP contribution in [0.15, 0.2) is 0 Å². The van der Waals surface area contributed by atoms with Crippen molar-refractivity contribution in [2.45, 2.75) is 31.1 Å². The quantitative estimate of drug-likeness (QED) is 0.435. The Kier molecular flexibility index (Phi) is 5.68. The molecule has 1 aliphatic heterocycles. The standard InChI is InChI=1S/C10H20N2O4/c1-16-6-7(13)2-3-11-10(15)9-4-8(14)5-12-9/h7-9,12-14H,2-6H2,1H3,(H,11,15). The lowest BCUT2D eigenvalue weighted by Gasteiger charge is -2.13. The van der Waals surface area contributed by atoms with Crippen molar-refractivity contribution in [3.8, 4) is 0 Å². The maximum absolute atomic E-state index is 11.5. The second kappa shape index (κ2) is 6.80. The summed E-state index contributed by atoms with van der Waals surface area (Å²) in [7, 11) is 1.52. The van der Waals surface area contributed by atoms with Crippen molar-refractivity contribution in [1.29, 1.82) is 0 Å². The molecule has 0 aromatic rings. The van der Waals surface area contributed by atoms with Crippen molar-refractivity contribution in [2.75, 3.05) is 26.8 Å². The van der Waals surface area contributed by atoms with Gasteiger partial charge in [-0.15, -0.1) is 0 Å². The van der Waals surface area contributed by atoms with E-state index in [0.29, 0.717) is 25.9 Å². The van der Waals surface area contributed by atoms with E-state index in [0.717, 1.165) is 0 Å². The molecule has 1 saturated heterocycles. The zero-order chi connectivity index (χ0) is 12.0. The van der Waals surface area contributed by atoms with Crippen molar-refractivity contribution in [3.05, 3.63) is 0 Å². The first-order chi connectivity index (χ1) is 7.63. The van der Waals surface area contributed by atoms with Crippen molar-refractivity contribution in [1.82, 2.24) is 10.6 Å². The fourth-order valence-electron chi connectivity index (χ4n) is 1.68. The number of aliphatic hydroxyl groups is 2. The first-order valence-electron chi connectivity index (χ1n) is 5.49. The molecule has 0 bridgehead atoms. The van der Waals surface area contributed by atoms with Crippen LogP contribution in [0.5, 0.6) is 0 Å². The third kappa shape index (κ3) is 4.44. The van der Waals surface area contributed by atoms with Crippen LogP contribution < -0.4 is 10.6 Å². The van der Waals surface area contributed by atoms with E-state index in [4.69, 9.17) is 4.74 Å². The normalized spacial score (nSPS) is 26.7. The first kappa shape index (κ1) is 13.4. The number of β-amino-alcohol motifs (C(OH)–C–C–N with tert-alkyl or cyclic N) is 1. The molecule has 1 aliphatic rings. The number of aliphatic hydroxyl groups excluding tert-OH is 2. The molecule has 1 heterocycles. The first-order valence-corrected chi connectivity index (χ1v) is 5.49. The van der Waals surface area contributed by atoms with Crippen molar-refractivity contribution in [3.63, 3.8) is 0 Å². The number of carbonyl (C=O) groups is 1. The highest BCUT2D eigenvalue weighted by Gasteiger charge is 2.27. The number of carbonyl (C=O) groups excluding carboxylic acids is 1. The predicted molar refractivity (Wildman–Crippen MR) is 57.9 cm³/mol. The zero-order valence-electron chi connectivity index (χ0n) is 9.48. The van der Waals surface area contributed by atoms with Gasteiger partial charge in [-0.1, -0.05) is 0 Å². The molecule has 1 fully saturated rings. The Bertz CT molecular complexity index is 225. The molecule has 4 N–H and O–H groups in total. The van der Waals surface area contributed by atoms with E-state index >= 15 is 0 Å². The molecule has 1 rings (SSSR count). The predicted octanol–water partition coefficient (Wildman–Crippen LogP) is -1.78. The van der Waals surface area contributed by atoms with E-state index in [1.54, 1.807) is 0 Å². The summed E-state index contributed by atoms with van der Waals surface area (Å²) in [5.41, 5.74) is 0. The number of rotatable bonds is 6. The van der Waals surface area contributed by atoms with Crippen molar-refractivity contribution < 1.29 is 19.7 Å². The molecule has 3 atom stereocenters. The molecular weight excluding hydrogens is 212 g/mol. The number of hydrogen-bond acceptors (Lipinski definition) is 5. The van der Waals surface area contributed by atoms with Crippen LogP contribution >= 0.6 is 0 Å². The summed E-state index contributed by atoms with van der Waals surface area (Å²) in [5.74, 6) is -0.124. The van der Waals surface area contributed by atoms with Gasteiger partial charge in [0.25, 0.3) is 0 Å². The summed E-state index contributed by atoms with van der Waals surface area (Å²) in [6.07, 6.45) is -0.0661. The molecular formula is C10H20N2O4. The van der Waals surface area contributed by atoms with Crippen LogP contribution in [-0.4, -0.2) is 61.2 Å². The topological polar surface area (TPSA) is 90.8 Å². The average molecular weight is 232 g/mol. The molecule has 6 nitrogen and oxygen atoms in total. The fraction of sp³-hybridized carbons (Fsp3) is 0.900. The Morgan fingerprint density at radius 1 is 1.69 bits per heavy atom. The molecule has 0 saturated carbocycles. The van der Waals surface area contributed by atoms with Crippen LogP contribution in [0.2, 0.25) is 0 Å². The third-order valence-corrected chi connectivity index (χ3v) is 2.56. The molecule has 0 aromatic carbocycles. The molecule has 6 heteroatoms. The second-order valence-corrected chi connectivity index (χ2v) is 4.04. The van der Waals surface area contributed by atoms with Crippen molar-refractivity contribution in [2.24, 2.45) is 0 Å². The van der Waals surface area contributed by atoms with Crippen LogP contribution in [0.1, 0.15) is 12.8 Å². The van der Waals surface area contributed by atoms with Crippen LogP contribution in [0.3, 0.4) is 0 Å². The summed E-state index contributed by atoms with van der Waals surface area (Å²) in [6, 6.07) is -0.311. The number of ether oxygens (including phenoxy) is 1. The highest BCUT2D eigenvalue weighted by atomic mass is 16.5. The summed E-state index contributed by atoms with van der Waals surface area (Å²) < 4.78 is 4.77. The van der Waals surface area contributed by atoms with E-state index in [1.807, 2.05) is 0 Å². The largest absolute Gasteiger partial charge is 0.392 e. The molecule has 0 radical (unpaired) electrons. The van der Waals surface area contributed by atoms with Gasteiger partial charge in [0.2, 0.25) is 5.91 Å². The number of hydrogen-bond donors (Lipinski definition) is 4. The minimum atomic E-state index is -0.549. The van der Waals surface area contributed by atoms with Gasteiger partial charge in [-0.3, -0.25) is 4.79 Å². The Balaban J connectivity index is 2.11. The number of methoxy groups -OCH3 is 1. The molecule has 3 unspecified atom stereocenters. The van der Waals surface area contributed by atoms with Crippen LogP contribution in [-0.2, 0) is 9.53 Å². The number of amides is 1. The second-order valence-electron chi connectivity index (χ2n) is 4.04. The lowest BCUT2D eigenvalue weighted by atomic mass is 10.2. The van der Waals surface area contributed by atoms with Crippen LogP contribution in [0.4, 0.5) is 0 Å². The molecule has 1 amide bonds. The van der Waals surface area contributed by atoms with Crippen molar-refractivity contribution >= 4 is 5.91 Å².